The standard InChI is InChI=1S/C19H25N3O4/c1-19(2)15(16(19)18(25)26)17(24)21-13-7-5-12(6-8-13)20-14(23)11-22-9-3-4-10-22/h5-8,15-16H,3-4,9-11H2,1-2H3,(H,20,23)(H,21,24)(H,25,26)/t15-,16+/m0/s1. The van der Waals surface area contributed by atoms with Crippen molar-refractivity contribution in [1.29, 1.82) is 0 Å². The quantitative estimate of drug-likeness (QED) is 0.722. The van der Waals surface area contributed by atoms with Crippen LogP contribution in [0.15, 0.2) is 24.3 Å². The third-order valence-corrected chi connectivity index (χ3v) is 5.38. The molecule has 26 heavy (non-hydrogen) atoms. The Morgan fingerprint density at radius 2 is 1.58 bits per heavy atom. The lowest BCUT2D eigenvalue weighted by atomic mass is 10.1. The van der Waals surface area contributed by atoms with E-state index in [1.807, 2.05) is 0 Å². The Morgan fingerprint density at radius 3 is 2.08 bits per heavy atom. The van der Waals surface area contributed by atoms with Gasteiger partial charge in [0.2, 0.25) is 11.8 Å². The molecular formula is C19H25N3O4. The maximum Gasteiger partial charge on any atom is 0.307 e. The van der Waals surface area contributed by atoms with Crippen molar-refractivity contribution in [3.63, 3.8) is 0 Å². The summed E-state index contributed by atoms with van der Waals surface area (Å²) in [6.07, 6.45) is 2.28. The highest BCUT2D eigenvalue weighted by Gasteiger charge is 2.65. The zero-order valence-corrected chi connectivity index (χ0v) is 15.1. The molecule has 1 aromatic carbocycles. The van der Waals surface area contributed by atoms with E-state index in [-0.39, 0.29) is 11.8 Å². The fraction of sp³-hybridized carbons (Fsp3) is 0.526. The van der Waals surface area contributed by atoms with Gasteiger partial charge in [-0.25, -0.2) is 0 Å². The van der Waals surface area contributed by atoms with E-state index in [9.17, 15) is 19.5 Å². The summed E-state index contributed by atoms with van der Waals surface area (Å²) in [7, 11) is 0. The Hall–Kier alpha value is -2.41. The van der Waals surface area contributed by atoms with Gasteiger partial charge in [-0.3, -0.25) is 19.3 Å². The van der Waals surface area contributed by atoms with Crippen LogP contribution in [0.25, 0.3) is 0 Å². The number of carboxylic acid groups (broad SMARTS) is 1. The summed E-state index contributed by atoms with van der Waals surface area (Å²) in [4.78, 5) is 37.7. The van der Waals surface area contributed by atoms with Gasteiger partial charge in [0.15, 0.2) is 0 Å². The number of nitrogens with one attached hydrogen (secondary N) is 2. The van der Waals surface area contributed by atoms with Gasteiger partial charge in [-0.1, -0.05) is 13.8 Å². The van der Waals surface area contributed by atoms with Gasteiger partial charge < -0.3 is 15.7 Å². The van der Waals surface area contributed by atoms with E-state index in [0.29, 0.717) is 17.9 Å². The number of carboxylic acids is 1. The predicted molar refractivity (Wildman–Crippen MR) is 97.8 cm³/mol. The number of nitrogens with zero attached hydrogens (tertiary/aromatic N) is 1. The smallest absolute Gasteiger partial charge is 0.307 e. The molecule has 1 heterocycles. The maximum atomic E-state index is 12.3. The number of rotatable bonds is 6. The summed E-state index contributed by atoms with van der Waals surface area (Å²) in [5.41, 5.74) is 0.723. The molecule has 0 aromatic heterocycles. The summed E-state index contributed by atoms with van der Waals surface area (Å²) in [6, 6.07) is 6.86. The number of carbonyl (C=O) groups is 3. The molecule has 0 radical (unpaired) electrons. The average Bonchev–Trinajstić information content (AvgIpc) is 2.90. The highest BCUT2D eigenvalue weighted by molar-refractivity contribution is 6.00. The summed E-state index contributed by atoms with van der Waals surface area (Å²) < 4.78 is 0. The van der Waals surface area contributed by atoms with Crippen molar-refractivity contribution in [3.05, 3.63) is 24.3 Å². The van der Waals surface area contributed by atoms with Gasteiger partial charge in [0.1, 0.15) is 0 Å². The molecule has 2 amide bonds. The van der Waals surface area contributed by atoms with E-state index in [0.717, 1.165) is 25.9 Å². The first-order valence-electron chi connectivity index (χ1n) is 8.95. The molecule has 3 N–H and O–H groups in total. The lowest BCUT2D eigenvalue weighted by Crippen LogP contribution is -2.30. The maximum absolute atomic E-state index is 12.3. The van der Waals surface area contributed by atoms with Crippen molar-refractivity contribution in [2.75, 3.05) is 30.3 Å². The molecule has 7 nitrogen and oxygen atoms in total. The first-order chi connectivity index (χ1) is 12.3. The van der Waals surface area contributed by atoms with Crippen LogP contribution in [-0.2, 0) is 14.4 Å². The van der Waals surface area contributed by atoms with Gasteiger partial charge in [0.25, 0.3) is 0 Å². The molecule has 1 saturated heterocycles. The van der Waals surface area contributed by atoms with Crippen LogP contribution in [0.2, 0.25) is 0 Å². The Kier molecular flexibility index (Phi) is 5.00. The molecule has 7 heteroatoms. The molecule has 140 valence electrons. The van der Waals surface area contributed by atoms with Gasteiger partial charge in [0, 0.05) is 11.4 Å². The fourth-order valence-corrected chi connectivity index (χ4v) is 3.79. The number of aliphatic carboxylic acids is 1. The number of anilines is 2. The Labute approximate surface area is 152 Å². The summed E-state index contributed by atoms with van der Waals surface area (Å²) in [5, 5.41) is 14.8. The van der Waals surface area contributed by atoms with Gasteiger partial charge >= 0.3 is 5.97 Å². The molecule has 2 aliphatic rings. The number of amides is 2. The lowest BCUT2D eigenvalue weighted by Gasteiger charge is -2.14. The van der Waals surface area contributed by atoms with Crippen LogP contribution >= 0.6 is 0 Å². The van der Waals surface area contributed by atoms with E-state index in [1.165, 1.54) is 0 Å². The largest absolute Gasteiger partial charge is 0.481 e. The SMILES string of the molecule is CC1(C)[C@H](C(=O)Nc2ccc(NC(=O)CN3CCCC3)cc2)[C@@H]1C(=O)O. The van der Waals surface area contributed by atoms with Crippen LogP contribution in [0.1, 0.15) is 26.7 Å². The minimum Gasteiger partial charge on any atom is -0.481 e. The van der Waals surface area contributed by atoms with Crippen molar-refractivity contribution in [2.24, 2.45) is 17.3 Å². The van der Waals surface area contributed by atoms with E-state index >= 15 is 0 Å². The molecule has 2 atom stereocenters. The van der Waals surface area contributed by atoms with Crippen molar-refractivity contribution in [2.45, 2.75) is 26.7 Å². The molecular weight excluding hydrogens is 334 g/mol. The topological polar surface area (TPSA) is 98.7 Å². The van der Waals surface area contributed by atoms with E-state index in [2.05, 4.69) is 15.5 Å². The molecule has 0 unspecified atom stereocenters. The molecule has 1 aromatic rings. The average molecular weight is 359 g/mol. The number of likely N-dealkylation sites (tertiary alicyclic amines) is 1. The Morgan fingerprint density at radius 1 is 1.04 bits per heavy atom. The highest BCUT2D eigenvalue weighted by Crippen LogP contribution is 2.58. The van der Waals surface area contributed by atoms with Crippen molar-refractivity contribution >= 4 is 29.2 Å². The number of carbonyl (C=O) groups excluding carboxylic acids is 2. The molecule has 0 spiro atoms. The van der Waals surface area contributed by atoms with Gasteiger partial charge in [-0.15, -0.1) is 0 Å². The van der Waals surface area contributed by atoms with Crippen LogP contribution in [0.4, 0.5) is 11.4 Å². The Bertz CT molecular complexity index is 708. The van der Waals surface area contributed by atoms with Crippen LogP contribution in [0.5, 0.6) is 0 Å². The number of hydrogen-bond donors (Lipinski definition) is 3. The molecule has 0 bridgehead atoms. The van der Waals surface area contributed by atoms with Crippen LogP contribution < -0.4 is 10.6 Å². The lowest BCUT2D eigenvalue weighted by molar-refractivity contribution is -0.140. The molecule has 2 fully saturated rings. The van der Waals surface area contributed by atoms with E-state index in [4.69, 9.17) is 0 Å². The summed E-state index contributed by atoms with van der Waals surface area (Å²) >= 11 is 0. The molecule has 1 aliphatic heterocycles. The summed E-state index contributed by atoms with van der Waals surface area (Å²) in [5.74, 6) is -2.45. The first kappa shape index (κ1) is 18.4. The minimum atomic E-state index is -0.939. The van der Waals surface area contributed by atoms with Crippen LogP contribution in [0, 0.1) is 17.3 Å². The van der Waals surface area contributed by atoms with Crippen molar-refractivity contribution < 1.29 is 19.5 Å². The number of hydrogen-bond acceptors (Lipinski definition) is 4. The fourth-order valence-electron chi connectivity index (χ4n) is 3.79. The third-order valence-electron chi connectivity index (χ3n) is 5.38. The monoisotopic (exact) mass is 359 g/mol. The van der Waals surface area contributed by atoms with E-state index in [1.54, 1.807) is 38.1 Å². The zero-order valence-electron chi connectivity index (χ0n) is 15.1. The second-order valence-corrected chi connectivity index (χ2v) is 7.71. The van der Waals surface area contributed by atoms with Gasteiger partial charge in [-0.05, 0) is 55.6 Å². The minimum absolute atomic E-state index is 0.0484. The Balaban J connectivity index is 1.52. The van der Waals surface area contributed by atoms with Crippen LogP contribution in [-0.4, -0.2) is 47.4 Å². The normalized spacial score (nSPS) is 24.1. The van der Waals surface area contributed by atoms with Crippen LogP contribution in [0.3, 0.4) is 0 Å². The molecule has 1 saturated carbocycles. The third kappa shape index (κ3) is 3.88. The second kappa shape index (κ2) is 7.07. The number of benzene rings is 1. The van der Waals surface area contributed by atoms with Crippen molar-refractivity contribution in [3.8, 4) is 0 Å². The van der Waals surface area contributed by atoms with Gasteiger partial charge in [0.05, 0.1) is 18.4 Å². The molecule has 1 aliphatic carbocycles. The summed E-state index contributed by atoms with van der Waals surface area (Å²) in [6.45, 7) is 5.90. The first-order valence-corrected chi connectivity index (χ1v) is 8.95. The van der Waals surface area contributed by atoms with Crippen molar-refractivity contribution in [1.82, 2.24) is 4.90 Å². The second-order valence-electron chi connectivity index (χ2n) is 7.71. The predicted octanol–water partition coefficient (Wildman–Crippen LogP) is 2.02. The van der Waals surface area contributed by atoms with E-state index < -0.39 is 23.2 Å². The zero-order chi connectivity index (χ0) is 18.9. The molecule has 3 rings (SSSR count). The highest BCUT2D eigenvalue weighted by atomic mass is 16.4. The van der Waals surface area contributed by atoms with Gasteiger partial charge in [-0.2, -0.15) is 0 Å².